The van der Waals surface area contributed by atoms with Crippen LogP contribution in [0.1, 0.15) is 5.69 Å². The van der Waals surface area contributed by atoms with Crippen LogP contribution >= 0.6 is 0 Å². The van der Waals surface area contributed by atoms with E-state index in [0.717, 1.165) is 12.1 Å². The molecular formula is C8H8N2. The van der Waals surface area contributed by atoms with Crippen molar-refractivity contribution >= 4 is 0 Å². The van der Waals surface area contributed by atoms with E-state index in [2.05, 4.69) is 22.1 Å². The Morgan fingerprint density at radius 3 is 2.90 bits per heavy atom. The first-order chi connectivity index (χ1) is 4.95. The van der Waals surface area contributed by atoms with E-state index < -0.39 is 0 Å². The van der Waals surface area contributed by atoms with E-state index in [0.29, 0.717) is 5.92 Å². The van der Waals surface area contributed by atoms with Crippen LogP contribution in [0.15, 0.2) is 30.7 Å². The Kier molecular flexibility index (Phi) is 1.24. The van der Waals surface area contributed by atoms with Crippen molar-refractivity contribution in [1.29, 1.82) is 0 Å². The van der Waals surface area contributed by atoms with Crippen molar-refractivity contribution in [2.24, 2.45) is 5.92 Å². The third kappa shape index (κ3) is 1.21. The van der Waals surface area contributed by atoms with Gasteiger partial charge in [0.2, 0.25) is 0 Å². The lowest BCUT2D eigenvalue weighted by atomic mass is 10.2. The Balaban J connectivity index is 2.04. The molecular weight excluding hydrogens is 124 g/mol. The number of rotatable bonds is 2. The van der Waals surface area contributed by atoms with E-state index in [1.807, 2.05) is 6.07 Å². The first-order valence-corrected chi connectivity index (χ1v) is 3.38. The first-order valence-electron chi connectivity index (χ1n) is 3.38. The second-order valence-electron chi connectivity index (χ2n) is 2.45. The second kappa shape index (κ2) is 2.21. The van der Waals surface area contributed by atoms with Gasteiger partial charge < -0.3 is 0 Å². The summed E-state index contributed by atoms with van der Waals surface area (Å²) < 4.78 is 0. The molecule has 0 saturated carbocycles. The minimum atomic E-state index is 0.676. The summed E-state index contributed by atoms with van der Waals surface area (Å²) in [6.07, 6.45) is 8.79. The van der Waals surface area contributed by atoms with Crippen molar-refractivity contribution in [2.45, 2.75) is 6.42 Å². The molecule has 0 fully saturated rings. The predicted molar refractivity (Wildman–Crippen MR) is 38.4 cm³/mol. The average Bonchev–Trinajstić information content (AvgIpc) is 2.74. The maximum absolute atomic E-state index is 4.11. The molecule has 1 aliphatic rings. The summed E-state index contributed by atoms with van der Waals surface area (Å²) in [5.74, 6) is 0.676. The minimum Gasteiger partial charge on any atom is -0.245 e. The van der Waals surface area contributed by atoms with Crippen molar-refractivity contribution in [3.63, 3.8) is 0 Å². The second-order valence-corrected chi connectivity index (χ2v) is 2.45. The summed E-state index contributed by atoms with van der Waals surface area (Å²) in [6.45, 7) is 0. The highest BCUT2D eigenvalue weighted by molar-refractivity contribution is 5.18. The van der Waals surface area contributed by atoms with Crippen molar-refractivity contribution in [3.05, 3.63) is 36.4 Å². The first kappa shape index (κ1) is 5.59. The SMILES string of the molecule is C1=CC1Cc1ccncn1. The number of hydrogen-bond acceptors (Lipinski definition) is 2. The van der Waals surface area contributed by atoms with Gasteiger partial charge in [0.1, 0.15) is 6.33 Å². The van der Waals surface area contributed by atoms with Crippen LogP contribution < -0.4 is 0 Å². The molecule has 0 N–H and O–H groups in total. The Hall–Kier alpha value is -1.18. The molecule has 0 bridgehead atoms. The van der Waals surface area contributed by atoms with E-state index in [4.69, 9.17) is 0 Å². The molecule has 0 saturated heterocycles. The van der Waals surface area contributed by atoms with E-state index in [1.165, 1.54) is 0 Å². The summed E-state index contributed by atoms with van der Waals surface area (Å²) in [6, 6.07) is 1.96. The summed E-state index contributed by atoms with van der Waals surface area (Å²) in [4.78, 5) is 7.95. The van der Waals surface area contributed by atoms with Gasteiger partial charge in [0.25, 0.3) is 0 Å². The van der Waals surface area contributed by atoms with Crippen LogP contribution in [-0.4, -0.2) is 9.97 Å². The number of aromatic nitrogens is 2. The van der Waals surface area contributed by atoms with Crippen LogP contribution in [0.3, 0.4) is 0 Å². The van der Waals surface area contributed by atoms with E-state index >= 15 is 0 Å². The fraction of sp³-hybridized carbons (Fsp3) is 0.250. The lowest BCUT2D eigenvalue weighted by molar-refractivity contribution is 0.855. The molecule has 0 aromatic carbocycles. The summed E-state index contributed by atoms with van der Waals surface area (Å²) in [5.41, 5.74) is 1.13. The standard InChI is InChI=1S/C8H8N2/c1-2-7(1)5-8-3-4-9-6-10-8/h1-4,6-7H,5H2. The highest BCUT2D eigenvalue weighted by Crippen LogP contribution is 2.19. The van der Waals surface area contributed by atoms with Gasteiger partial charge in [0.15, 0.2) is 0 Å². The van der Waals surface area contributed by atoms with Gasteiger partial charge in [-0.2, -0.15) is 0 Å². The lowest BCUT2D eigenvalue weighted by Gasteiger charge is -1.94. The van der Waals surface area contributed by atoms with E-state index in [1.54, 1.807) is 12.5 Å². The fourth-order valence-corrected chi connectivity index (χ4v) is 0.895. The maximum atomic E-state index is 4.11. The third-order valence-corrected chi connectivity index (χ3v) is 1.55. The van der Waals surface area contributed by atoms with Crippen LogP contribution in [0.4, 0.5) is 0 Å². The van der Waals surface area contributed by atoms with Gasteiger partial charge >= 0.3 is 0 Å². The van der Waals surface area contributed by atoms with Crippen molar-refractivity contribution in [2.75, 3.05) is 0 Å². The molecule has 10 heavy (non-hydrogen) atoms. The highest BCUT2D eigenvalue weighted by atomic mass is 14.8. The smallest absolute Gasteiger partial charge is 0.115 e. The maximum Gasteiger partial charge on any atom is 0.115 e. The average molecular weight is 132 g/mol. The third-order valence-electron chi connectivity index (χ3n) is 1.55. The minimum absolute atomic E-state index is 0.676. The fourth-order valence-electron chi connectivity index (χ4n) is 0.895. The molecule has 0 amide bonds. The topological polar surface area (TPSA) is 25.8 Å². The monoisotopic (exact) mass is 132 g/mol. The molecule has 0 aliphatic heterocycles. The molecule has 0 unspecified atom stereocenters. The molecule has 1 aromatic rings. The molecule has 2 nitrogen and oxygen atoms in total. The molecule has 0 radical (unpaired) electrons. The lowest BCUT2D eigenvalue weighted by Crippen LogP contribution is -1.91. The summed E-state index contributed by atoms with van der Waals surface area (Å²) >= 11 is 0. The van der Waals surface area contributed by atoms with Crippen molar-refractivity contribution in [1.82, 2.24) is 9.97 Å². The Morgan fingerprint density at radius 1 is 1.40 bits per heavy atom. The Morgan fingerprint density at radius 2 is 2.30 bits per heavy atom. The van der Waals surface area contributed by atoms with E-state index in [9.17, 15) is 0 Å². The van der Waals surface area contributed by atoms with Gasteiger partial charge in [-0.15, -0.1) is 0 Å². The zero-order valence-corrected chi connectivity index (χ0v) is 5.57. The van der Waals surface area contributed by atoms with Gasteiger partial charge in [-0.3, -0.25) is 0 Å². The molecule has 1 heterocycles. The molecule has 1 aromatic heterocycles. The van der Waals surface area contributed by atoms with Crippen LogP contribution in [0.5, 0.6) is 0 Å². The number of hydrogen-bond donors (Lipinski definition) is 0. The predicted octanol–water partition coefficient (Wildman–Crippen LogP) is 1.21. The van der Waals surface area contributed by atoms with Crippen molar-refractivity contribution < 1.29 is 0 Å². The van der Waals surface area contributed by atoms with Crippen LogP contribution in [-0.2, 0) is 6.42 Å². The molecule has 2 rings (SSSR count). The highest BCUT2D eigenvalue weighted by Gasteiger charge is 2.11. The Labute approximate surface area is 59.6 Å². The van der Waals surface area contributed by atoms with Gasteiger partial charge in [-0.25, -0.2) is 9.97 Å². The van der Waals surface area contributed by atoms with Gasteiger partial charge in [0, 0.05) is 17.8 Å². The molecule has 0 spiro atoms. The van der Waals surface area contributed by atoms with Gasteiger partial charge in [-0.1, -0.05) is 12.2 Å². The zero-order chi connectivity index (χ0) is 6.81. The zero-order valence-electron chi connectivity index (χ0n) is 5.57. The Bertz CT molecular complexity index is 235. The normalized spacial score (nSPS) is 15.6. The summed E-state index contributed by atoms with van der Waals surface area (Å²) in [5, 5.41) is 0. The van der Waals surface area contributed by atoms with Crippen molar-refractivity contribution in [3.8, 4) is 0 Å². The largest absolute Gasteiger partial charge is 0.245 e. The molecule has 1 aliphatic carbocycles. The molecule has 50 valence electrons. The van der Waals surface area contributed by atoms with Crippen LogP contribution in [0, 0.1) is 5.92 Å². The van der Waals surface area contributed by atoms with Gasteiger partial charge in [0.05, 0.1) is 0 Å². The number of nitrogens with zero attached hydrogens (tertiary/aromatic N) is 2. The summed E-state index contributed by atoms with van der Waals surface area (Å²) in [7, 11) is 0. The molecule has 0 atom stereocenters. The van der Waals surface area contributed by atoms with Gasteiger partial charge in [-0.05, 0) is 12.5 Å². The molecule has 2 heteroatoms. The van der Waals surface area contributed by atoms with Crippen LogP contribution in [0.2, 0.25) is 0 Å². The van der Waals surface area contributed by atoms with Crippen LogP contribution in [0.25, 0.3) is 0 Å². The van der Waals surface area contributed by atoms with E-state index in [-0.39, 0.29) is 0 Å². The number of allylic oxidation sites excluding steroid dienone is 2. The quantitative estimate of drug-likeness (QED) is 0.565.